The molecule has 0 aliphatic carbocycles. The normalized spacial score (nSPS) is 24.8. The predicted molar refractivity (Wildman–Crippen MR) is 80.8 cm³/mol. The number of aryl methyl sites for hydroxylation is 1. The Morgan fingerprint density at radius 1 is 1.35 bits per heavy atom. The maximum absolute atomic E-state index is 12.8. The molecule has 1 heterocycles. The van der Waals surface area contributed by atoms with E-state index in [2.05, 4.69) is 6.92 Å². The first-order valence-corrected chi connectivity index (χ1v) is 8.63. The fourth-order valence-corrected chi connectivity index (χ4v) is 4.68. The average Bonchev–Trinajstić information content (AvgIpc) is 2.41. The molecule has 2 rings (SSSR count). The second kappa shape index (κ2) is 5.84. The highest BCUT2D eigenvalue weighted by molar-refractivity contribution is 7.89. The molecular formula is C15H24N2O2S. The third-order valence-corrected chi connectivity index (χ3v) is 6.44. The van der Waals surface area contributed by atoms with Crippen molar-refractivity contribution < 1.29 is 8.42 Å². The van der Waals surface area contributed by atoms with E-state index in [1.54, 1.807) is 16.4 Å². The largest absolute Gasteiger partial charge is 0.326 e. The van der Waals surface area contributed by atoms with Crippen molar-refractivity contribution in [2.75, 3.05) is 6.54 Å². The predicted octanol–water partition coefficient (Wildman–Crippen LogP) is 2.26. The summed E-state index contributed by atoms with van der Waals surface area (Å²) >= 11 is 0. The highest BCUT2D eigenvalue weighted by Gasteiger charge is 2.34. The highest BCUT2D eigenvalue weighted by atomic mass is 32.2. The van der Waals surface area contributed by atoms with Gasteiger partial charge in [-0.25, -0.2) is 8.42 Å². The lowest BCUT2D eigenvalue weighted by atomic mass is 9.94. The Labute approximate surface area is 122 Å². The molecule has 20 heavy (non-hydrogen) atoms. The molecule has 2 atom stereocenters. The molecule has 0 spiro atoms. The van der Waals surface area contributed by atoms with Crippen LogP contribution in [-0.2, 0) is 16.6 Å². The van der Waals surface area contributed by atoms with Crippen LogP contribution in [0, 0.1) is 12.8 Å². The molecule has 0 radical (unpaired) electrons. The molecule has 1 aromatic rings. The minimum absolute atomic E-state index is 0.0586. The Kier molecular flexibility index (Phi) is 4.52. The van der Waals surface area contributed by atoms with Crippen LogP contribution in [0.3, 0.4) is 0 Å². The summed E-state index contributed by atoms with van der Waals surface area (Å²) in [6, 6.07) is 5.29. The molecule has 2 unspecified atom stereocenters. The first-order chi connectivity index (χ1) is 9.37. The van der Waals surface area contributed by atoms with Crippen molar-refractivity contribution in [2.45, 2.75) is 51.1 Å². The highest BCUT2D eigenvalue weighted by Crippen LogP contribution is 2.29. The Morgan fingerprint density at radius 2 is 2.05 bits per heavy atom. The zero-order valence-electron chi connectivity index (χ0n) is 12.5. The minimum atomic E-state index is -3.40. The molecule has 0 saturated carbocycles. The van der Waals surface area contributed by atoms with Crippen LogP contribution in [0.15, 0.2) is 23.1 Å². The number of sulfonamides is 1. The Balaban J connectivity index is 2.37. The summed E-state index contributed by atoms with van der Waals surface area (Å²) in [5.41, 5.74) is 7.56. The van der Waals surface area contributed by atoms with Crippen LogP contribution in [-0.4, -0.2) is 25.3 Å². The lowest BCUT2D eigenvalue weighted by molar-refractivity contribution is 0.202. The summed E-state index contributed by atoms with van der Waals surface area (Å²) in [7, 11) is -3.40. The SMILES string of the molecule is Cc1cc(S(=O)(=O)N2CCCC(C)C2C)ccc1CN. The summed E-state index contributed by atoms with van der Waals surface area (Å²) in [4.78, 5) is 0.383. The second-order valence-electron chi connectivity index (χ2n) is 5.77. The third kappa shape index (κ3) is 2.75. The number of nitrogens with two attached hydrogens (primary N) is 1. The first-order valence-electron chi connectivity index (χ1n) is 7.19. The van der Waals surface area contributed by atoms with Crippen molar-refractivity contribution >= 4 is 10.0 Å². The van der Waals surface area contributed by atoms with Crippen LogP contribution >= 0.6 is 0 Å². The van der Waals surface area contributed by atoms with E-state index in [-0.39, 0.29) is 6.04 Å². The molecule has 5 heteroatoms. The lowest BCUT2D eigenvalue weighted by Crippen LogP contribution is -2.45. The fourth-order valence-electron chi connectivity index (χ4n) is 2.83. The van der Waals surface area contributed by atoms with Gasteiger partial charge < -0.3 is 5.73 Å². The maximum Gasteiger partial charge on any atom is 0.243 e. The number of nitrogens with zero attached hydrogens (tertiary/aromatic N) is 1. The molecule has 1 fully saturated rings. The fraction of sp³-hybridized carbons (Fsp3) is 0.600. The van der Waals surface area contributed by atoms with Crippen molar-refractivity contribution in [2.24, 2.45) is 11.7 Å². The topological polar surface area (TPSA) is 63.4 Å². The molecule has 1 saturated heterocycles. The number of hydrogen-bond donors (Lipinski definition) is 1. The third-order valence-electron chi connectivity index (χ3n) is 4.46. The van der Waals surface area contributed by atoms with Gasteiger partial charge in [-0.15, -0.1) is 0 Å². The van der Waals surface area contributed by atoms with E-state index < -0.39 is 10.0 Å². The summed E-state index contributed by atoms with van der Waals surface area (Å²) in [5.74, 6) is 0.405. The van der Waals surface area contributed by atoms with Gasteiger partial charge in [0.15, 0.2) is 0 Å². The Morgan fingerprint density at radius 3 is 2.65 bits per heavy atom. The molecule has 2 N–H and O–H groups in total. The van der Waals surface area contributed by atoms with Crippen LogP contribution in [0.5, 0.6) is 0 Å². The molecule has 4 nitrogen and oxygen atoms in total. The molecule has 0 bridgehead atoms. The smallest absolute Gasteiger partial charge is 0.243 e. The Bertz CT molecular complexity index is 584. The van der Waals surface area contributed by atoms with E-state index in [0.29, 0.717) is 23.9 Å². The van der Waals surface area contributed by atoms with Gasteiger partial charge >= 0.3 is 0 Å². The van der Waals surface area contributed by atoms with Crippen molar-refractivity contribution in [3.63, 3.8) is 0 Å². The zero-order valence-corrected chi connectivity index (χ0v) is 13.3. The van der Waals surface area contributed by atoms with E-state index >= 15 is 0 Å². The molecule has 0 amide bonds. The number of benzene rings is 1. The van der Waals surface area contributed by atoms with Crippen molar-refractivity contribution in [1.82, 2.24) is 4.31 Å². The summed E-state index contributed by atoms with van der Waals surface area (Å²) in [6.45, 7) is 7.08. The summed E-state index contributed by atoms with van der Waals surface area (Å²) in [5, 5.41) is 0. The second-order valence-corrected chi connectivity index (χ2v) is 7.66. The monoisotopic (exact) mass is 296 g/mol. The van der Waals surface area contributed by atoms with Crippen LogP contribution < -0.4 is 5.73 Å². The molecular weight excluding hydrogens is 272 g/mol. The molecule has 1 aliphatic rings. The lowest BCUT2D eigenvalue weighted by Gasteiger charge is -2.36. The quantitative estimate of drug-likeness (QED) is 0.930. The molecule has 0 aromatic heterocycles. The van der Waals surface area contributed by atoms with Crippen molar-refractivity contribution in [3.8, 4) is 0 Å². The van der Waals surface area contributed by atoms with Gasteiger partial charge in [0, 0.05) is 19.1 Å². The van der Waals surface area contributed by atoms with Gasteiger partial charge in [-0.05, 0) is 55.9 Å². The first kappa shape index (κ1) is 15.5. The maximum atomic E-state index is 12.8. The van der Waals surface area contributed by atoms with Crippen LogP contribution in [0.4, 0.5) is 0 Å². The van der Waals surface area contributed by atoms with E-state index in [1.807, 2.05) is 19.9 Å². The number of rotatable bonds is 3. The van der Waals surface area contributed by atoms with E-state index in [4.69, 9.17) is 5.73 Å². The van der Waals surface area contributed by atoms with Gasteiger partial charge in [0.2, 0.25) is 10.0 Å². The van der Waals surface area contributed by atoms with E-state index in [1.165, 1.54) is 0 Å². The van der Waals surface area contributed by atoms with E-state index in [9.17, 15) is 8.42 Å². The summed E-state index contributed by atoms with van der Waals surface area (Å²) < 4.78 is 27.2. The summed E-state index contributed by atoms with van der Waals surface area (Å²) in [6.07, 6.45) is 2.03. The van der Waals surface area contributed by atoms with Crippen molar-refractivity contribution in [1.29, 1.82) is 0 Å². The van der Waals surface area contributed by atoms with Gasteiger partial charge in [0.25, 0.3) is 0 Å². The van der Waals surface area contributed by atoms with Gasteiger partial charge in [0.1, 0.15) is 0 Å². The number of piperidine rings is 1. The van der Waals surface area contributed by atoms with Gasteiger partial charge in [-0.3, -0.25) is 0 Å². The van der Waals surface area contributed by atoms with Crippen molar-refractivity contribution in [3.05, 3.63) is 29.3 Å². The average molecular weight is 296 g/mol. The Hall–Kier alpha value is -0.910. The van der Waals surface area contributed by atoms with Crippen LogP contribution in [0.1, 0.15) is 37.8 Å². The van der Waals surface area contributed by atoms with Gasteiger partial charge in [-0.2, -0.15) is 4.31 Å². The standard InChI is InChI=1S/C15H24N2O2S/c1-11-5-4-8-17(13(11)3)20(18,19)15-7-6-14(10-16)12(2)9-15/h6-7,9,11,13H,4-5,8,10,16H2,1-3H3. The molecule has 1 aromatic carbocycles. The van der Waals surface area contributed by atoms with Crippen LogP contribution in [0.25, 0.3) is 0 Å². The van der Waals surface area contributed by atoms with E-state index in [0.717, 1.165) is 24.0 Å². The molecule has 1 aliphatic heterocycles. The van der Waals surface area contributed by atoms with Crippen LogP contribution in [0.2, 0.25) is 0 Å². The number of hydrogen-bond acceptors (Lipinski definition) is 3. The molecule has 112 valence electrons. The zero-order chi connectivity index (χ0) is 14.9. The van der Waals surface area contributed by atoms with Gasteiger partial charge in [-0.1, -0.05) is 13.0 Å². The minimum Gasteiger partial charge on any atom is -0.326 e. The van der Waals surface area contributed by atoms with Gasteiger partial charge in [0.05, 0.1) is 4.90 Å².